The smallest absolute Gasteiger partial charge is 0.283 e. The molecule has 1 saturated heterocycles. The lowest BCUT2D eigenvalue weighted by Gasteiger charge is -2.35. The fourth-order valence-electron chi connectivity index (χ4n) is 3.85. The van der Waals surface area contributed by atoms with E-state index in [-0.39, 0.29) is 5.91 Å². The van der Waals surface area contributed by atoms with E-state index in [1.807, 2.05) is 18.7 Å². The lowest BCUT2D eigenvalue weighted by atomic mass is 9.99. The fraction of sp³-hybridized carbons (Fsp3) is 0.611. The van der Waals surface area contributed by atoms with E-state index >= 15 is 0 Å². The number of rotatable bonds is 4. The molecule has 4 rings (SSSR count). The van der Waals surface area contributed by atoms with Crippen LogP contribution in [0.15, 0.2) is 18.7 Å². The molecule has 0 saturated carbocycles. The van der Waals surface area contributed by atoms with Crippen molar-refractivity contribution in [3.8, 4) is 0 Å². The maximum absolute atomic E-state index is 13.0. The molecule has 0 radical (unpaired) electrons. The van der Waals surface area contributed by atoms with Crippen LogP contribution in [0.25, 0.3) is 0 Å². The van der Waals surface area contributed by atoms with Crippen molar-refractivity contribution < 1.29 is 4.79 Å². The molecule has 0 bridgehead atoms. The summed E-state index contributed by atoms with van der Waals surface area (Å²) < 4.78 is 2.10. The quantitative estimate of drug-likeness (QED) is 0.855. The Labute approximate surface area is 146 Å². The van der Waals surface area contributed by atoms with Gasteiger partial charge in [0.15, 0.2) is 5.01 Å². The van der Waals surface area contributed by atoms with E-state index < -0.39 is 0 Å². The monoisotopic (exact) mass is 344 g/mol. The molecule has 1 aliphatic heterocycles. The number of hydrogen-bond donors (Lipinski definition) is 0. The highest BCUT2D eigenvalue weighted by molar-refractivity contribution is 7.13. The third-order valence-corrected chi connectivity index (χ3v) is 6.34. The van der Waals surface area contributed by atoms with Crippen LogP contribution in [-0.4, -0.2) is 37.9 Å². The van der Waals surface area contributed by atoms with Crippen molar-refractivity contribution in [1.82, 2.24) is 19.4 Å². The summed E-state index contributed by atoms with van der Waals surface area (Å²) in [6.07, 6.45) is 14.7. The van der Waals surface area contributed by atoms with E-state index in [4.69, 9.17) is 0 Å². The van der Waals surface area contributed by atoms with Crippen molar-refractivity contribution in [2.45, 2.75) is 64.0 Å². The normalized spacial score (nSPS) is 20.8. The highest BCUT2D eigenvalue weighted by atomic mass is 32.1. The first-order chi connectivity index (χ1) is 11.8. The molecule has 2 aliphatic rings. The van der Waals surface area contributed by atoms with Crippen LogP contribution in [0.2, 0.25) is 0 Å². The van der Waals surface area contributed by atoms with Crippen LogP contribution in [0.5, 0.6) is 0 Å². The Bertz CT molecular complexity index is 670. The Morgan fingerprint density at radius 2 is 2.17 bits per heavy atom. The zero-order valence-corrected chi connectivity index (χ0v) is 14.8. The van der Waals surface area contributed by atoms with Gasteiger partial charge in [-0.2, -0.15) is 0 Å². The van der Waals surface area contributed by atoms with Crippen molar-refractivity contribution in [2.75, 3.05) is 6.54 Å². The third kappa shape index (κ3) is 3.24. The van der Waals surface area contributed by atoms with Crippen molar-refractivity contribution >= 4 is 17.2 Å². The predicted octanol–water partition coefficient (Wildman–Crippen LogP) is 3.30. The predicted molar refractivity (Wildman–Crippen MR) is 94.3 cm³/mol. The van der Waals surface area contributed by atoms with Gasteiger partial charge in [0.05, 0.1) is 12.0 Å². The molecule has 1 fully saturated rings. The van der Waals surface area contributed by atoms with Gasteiger partial charge in [0.2, 0.25) is 0 Å². The van der Waals surface area contributed by atoms with Gasteiger partial charge in [-0.3, -0.25) is 4.79 Å². The second-order valence-electron chi connectivity index (χ2n) is 6.83. The molecule has 5 nitrogen and oxygen atoms in total. The summed E-state index contributed by atoms with van der Waals surface area (Å²) in [5, 5.41) is 0.719. The molecule has 2 aromatic heterocycles. The molecule has 0 aromatic carbocycles. The molecule has 6 heteroatoms. The number of aromatic nitrogens is 3. The van der Waals surface area contributed by atoms with E-state index in [2.05, 4.69) is 19.4 Å². The summed E-state index contributed by atoms with van der Waals surface area (Å²) in [5.74, 6) is 0.157. The average Bonchev–Trinajstić information content (AvgIpc) is 3.29. The molecule has 3 heterocycles. The third-order valence-electron chi connectivity index (χ3n) is 5.20. The molecule has 1 atom stereocenters. The second-order valence-corrected chi connectivity index (χ2v) is 7.92. The van der Waals surface area contributed by atoms with Gasteiger partial charge in [0, 0.05) is 36.4 Å². The first-order valence-corrected chi connectivity index (χ1v) is 9.88. The summed E-state index contributed by atoms with van der Waals surface area (Å²) in [5.41, 5.74) is 1.18. The van der Waals surface area contributed by atoms with Crippen LogP contribution in [0.3, 0.4) is 0 Å². The molecule has 1 amide bonds. The van der Waals surface area contributed by atoms with Gasteiger partial charge in [-0.25, -0.2) is 9.97 Å². The van der Waals surface area contributed by atoms with Gasteiger partial charge < -0.3 is 9.47 Å². The minimum atomic E-state index is 0.157. The number of piperidine rings is 1. The van der Waals surface area contributed by atoms with Gasteiger partial charge in [0.1, 0.15) is 0 Å². The first-order valence-electron chi connectivity index (χ1n) is 9.06. The highest BCUT2D eigenvalue weighted by Crippen LogP contribution is 2.29. The molecule has 24 heavy (non-hydrogen) atoms. The van der Waals surface area contributed by atoms with Crippen molar-refractivity contribution in [3.63, 3.8) is 0 Å². The Morgan fingerprint density at radius 1 is 1.25 bits per heavy atom. The zero-order chi connectivity index (χ0) is 16.4. The number of imidazole rings is 1. The van der Waals surface area contributed by atoms with E-state index in [1.165, 1.54) is 29.8 Å². The Morgan fingerprint density at radius 3 is 3.00 bits per heavy atom. The summed E-state index contributed by atoms with van der Waals surface area (Å²) >= 11 is 1.64. The van der Waals surface area contributed by atoms with Gasteiger partial charge in [-0.1, -0.05) is 0 Å². The van der Waals surface area contributed by atoms with Crippen molar-refractivity contribution in [3.05, 3.63) is 34.3 Å². The number of aryl methyl sites for hydroxylation is 3. The SMILES string of the molecule is O=C(c1nc2c(s1)CCCC2)N1CCCC[C@H]1CCn1ccnc1. The lowest BCUT2D eigenvalue weighted by molar-refractivity contribution is 0.0595. The molecule has 0 N–H and O–H groups in total. The maximum atomic E-state index is 13.0. The topological polar surface area (TPSA) is 51.0 Å². The summed E-state index contributed by atoms with van der Waals surface area (Å²) in [6.45, 7) is 1.79. The Kier molecular flexibility index (Phi) is 4.65. The number of nitrogens with zero attached hydrogens (tertiary/aromatic N) is 4. The van der Waals surface area contributed by atoms with Crippen LogP contribution >= 0.6 is 11.3 Å². The zero-order valence-electron chi connectivity index (χ0n) is 14.0. The molecule has 0 unspecified atom stereocenters. The second kappa shape index (κ2) is 7.05. The van der Waals surface area contributed by atoms with Crippen LogP contribution in [-0.2, 0) is 19.4 Å². The van der Waals surface area contributed by atoms with Crippen LogP contribution in [0.1, 0.15) is 58.9 Å². The molecule has 2 aromatic rings. The van der Waals surface area contributed by atoms with Crippen molar-refractivity contribution in [1.29, 1.82) is 0 Å². The van der Waals surface area contributed by atoms with E-state index in [1.54, 1.807) is 11.3 Å². The van der Waals surface area contributed by atoms with Crippen LogP contribution in [0, 0.1) is 0 Å². The Hall–Kier alpha value is -1.69. The van der Waals surface area contributed by atoms with E-state index in [9.17, 15) is 4.79 Å². The van der Waals surface area contributed by atoms with Gasteiger partial charge in [-0.05, 0) is 51.4 Å². The van der Waals surface area contributed by atoms with Gasteiger partial charge in [0.25, 0.3) is 5.91 Å². The number of fused-ring (bicyclic) bond motifs is 1. The molecule has 1 aliphatic carbocycles. The maximum Gasteiger partial charge on any atom is 0.283 e. The largest absolute Gasteiger partial charge is 0.337 e. The number of amides is 1. The van der Waals surface area contributed by atoms with Gasteiger partial charge >= 0.3 is 0 Å². The molecular weight excluding hydrogens is 320 g/mol. The van der Waals surface area contributed by atoms with Gasteiger partial charge in [-0.15, -0.1) is 11.3 Å². The van der Waals surface area contributed by atoms with E-state index in [0.29, 0.717) is 6.04 Å². The first kappa shape index (κ1) is 15.8. The fourth-order valence-corrected chi connectivity index (χ4v) is 4.96. The lowest BCUT2D eigenvalue weighted by Crippen LogP contribution is -2.44. The standard InChI is InChI=1S/C18H24N4OS/c23-18(17-20-15-6-1-2-7-16(15)24-17)22-10-4-3-5-14(22)8-11-21-12-9-19-13-21/h9,12-14H,1-8,10-11H2/t14-/m0/s1. The van der Waals surface area contributed by atoms with Crippen molar-refractivity contribution in [2.24, 2.45) is 0 Å². The number of carbonyl (C=O) groups is 1. The number of hydrogen-bond acceptors (Lipinski definition) is 4. The molecule has 0 spiro atoms. The minimum Gasteiger partial charge on any atom is -0.337 e. The molecule has 128 valence electrons. The highest BCUT2D eigenvalue weighted by Gasteiger charge is 2.30. The average molecular weight is 344 g/mol. The van der Waals surface area contributed by atoms with Crippen LogP contribution < -0.4 is 0 Å². The summed E-state index contributed by atoms with van der Waals surface area (Å²) in [4.78, 5) is 25.3. The molecular formula is C18H24N4OS. The Balaban J connectivity index is 1.47. The van der Waals surface area contributed by atoms with Crippen LogP contribution in [0.4, 0.5) is 0 Å². The number of thiazole rings is 1. The summed E-state index contributed by atoms with van der Waals surface area (Å²) in [7, 11) is 0. The minimum absolute atomic E-state index is 0.157. The summed E-state index contributed by atoms with van der Waals surface area (Å²) in [6, 6.07) is 0.328. The number of carbonyl (C=O) groups excluding carboxylic acids is 1. The number of likely N-dealkylation sites (tertiary alicyclic amines) is 1. The van der Waals surface area contributed by atoms with E-state index in [0.717, 1.165) is 50.2 Å².